The van der Waals surface area contributed by atoms with Crippen molar-refractivity contribution < 1.29 is 9.90 Å². The fourth-order valence-corrected chi connectivity index (χ4v) is 4.60. The molecule has 5 rings (SSSR count). The summed E-state index contributed by atoms with van der Waals surface area (Å²) < 4.78 is 1.34. The van der Waals surface area contributed by atoms with Gasteiger partial charge >= 0.3 is 11.5 Å². The summed E-state index contributed by atoms with van der Waals surface area (Å²) in [6.07, 6.45) is 1.70. The van der Waals surface area contributed by atoms with Crippen LogP contribution in [0.2, 0.25) is 0 Å². The number of aryl methyl sites for hydroxylation is 1. The van der Waals surface area contributed by atoms with E-state index in [2.05, 4.69) is 25.3 Å². The van der Waals surface area contributed by atoms with E-state index in [4.69, 9.17) is 5.11 Å². The van der Waals surface area contributed by atoms with Crippen LogP contribution in [0.1, 0.15) is 15.2 Å². The van der Waals surface area contributed by atoms with Crippen molar-refractivity contribution in [3.05, 3.63) is 87.0 Å². The molecule has 0 amide bonds. The molecule has 0 atom stereocenters. The minimum Gasteiger partial charge on any atom is -0.478 e. The average Bonchev–Trinajstić information content (AvgIpc) is 3.57. The summed E-state index contributed by atoms with van der Waals surface area (Å²) >= 11 is 2.66. The van der Waals surface area contributed by atoms with Crippen LogP contribution in [0.3, 0.4) is 0 Å². The van der Waals surface area contributed by atoms with Crippen molar-refractivity contribution in [1.82, 2.24) is 19.7 Å². The SMILES string of the molecule is Cc1cnc(N=Nc2c(-c3ccccc3)[nH]n(-c3nc(-c4ccc(C(=O)O)cc4)cs3)c2=O)s1. The molecule has 0 saturated heterocycles. The van der Waals surface area contributed by atoms with Crippen molar-refractivity contribution in [2.24, 2.45) is 10.2 Å². The summed E-state index contributed by atoms with van der Waals surface area (Å²) in [6.45, 7) is 1.92. The third-order valence-electron chi connectivity index (χ3n) is 4.88. The maximum absolute atomic E-state index is 13.3. The summed E-state index contributed by atoms with van der Waals surface area (Å²) in [5.41, 5.74) is 2.63. The number of carboxylic acids is 1. The first-order chi connectivity index (χ1) is 16.5. The lowest BCUT2D eigenvalue weighted by atomic mass is 10.1. The lowest BCUT2D eigenvalue weighted by molar-refractivity contribution is 0.0697. The molecule has 0 aliphatic heterocycles. The number of rotatable bonds is 6. The summed E-state index contributed by atoms with van der Waals surface area (Å²) in [4.78, 5) is 34.2. The Kier molecular flexibility index (Phi) is 5.70. The summed E-state index contributed by atoms with van der Waals surface area (Å²) in [7, 11) is 0. The van der Waals surface area contributed by atoms with Gasteiger partial charge in [-0.25, -0.2) is 14.8 Å². The molecular formula is C23H16N6O3S2. The van der Waals surface area contributed by atoms with E-state index >= 15 is 0 Å². The highest BCUT2D eigenvalue weighted by Gasteiger charge is 2.19. The number of aromatic amines is 1. The van der Waals surface area contributed by atoms with Gasteiger partial charge in [-0.2, -0.15) is 4.68 Å². The quantitative estimate of drug-likeness (QED) is 0.291. The Morgan fingerprint density at radius 1 is 1.06 bits per heavy atom. The second-order valence-corrected chi connectivity index (χ2v) is 9.24. The number of carbonyl (C=O) groups is 1. The first-order valence-corrected chi connectivity index (χ1v) is 11.7. The first kappa shape index (κ1) is 21.6. The second-order valence-electron chi connectivity index (χ2n) is 7.19. The van der Waals surface area contributed by atoms with Crippen LogP contribution in [0.25, 0.3) is 27.6 Å². The van der Waals surface area contributed by atoms with E-state index in [1.807, 2.05) is 37.3 Å². The Labute approximate surface area is 200 Å². The van der Waals surface area contributed by atoms with Crippen molar-refractivity contribution in [3.63, 3.8) is 0 Å². The average molecular weight is 489 g/mol. The van der Waals surface area contributed by atoms with E-state index in [0.717, 1.165) is 16.0 Å². The van der Waals surface area contributed by atoms with E-state index < -0.39 is 11.5 Å². The minimum absolute atomic E-state index is 0.154. The van der Waals surface area contributed by atoms with Crippen LogP contribution < -0.4 is 5.56 Å². The van der Waals surface area contributed by atoms with Crippen LogP contribution in [0.15, 0.2) is 81.2 Å². The topological polar surface area (TPSA) is 126 Å². The van der Waals surface area contributed by atoms with E-state index in [1.165, 1.54) is 39.5 Å². The molecule has 0 bridgehead atoms. The van der Waals surface area contributed by atoms with E-state index in [-0.39, 0.29) is 11.3 Å². The molecule has 2 N–H and O–H groups in total. The van der Waals surface area contributed by atoms with E-state index in [0.29, 0.717) is 21.7 Å². The van der Waals surface area contributed by atoms with Crippen molar-refractivity contribution in [1.29, 1.82) is 0 Å². The van der Waals surface area contributed by atoms with Gasteiger partial charge in [-0.1, -0.05) is 53.8 Å². The number of aromatic nitrogens is 4. The Morgan fingerprint density at radius 2 is 1.82 bits per heavy atom. The third kappa shape index (κ3) is 4.21. The third-order valence-corrected chi connectivity index (χ3v) is 6.51. The lowest BCUT2D eigenvalue weighted by Gasteiger charge is -1.99. The second kappa shape index (κ2) is 8.96. The number of hydrogen-bond donors (Lipinski definition) is 2. The van der Waals surface area contributed by atoms with Crippen LogP contribution in [0.4, 0.5) is 10.8 Å². The highest BCUT2D eigenvalue weighted by molar-refractivity contribution is 7.15. The maximum Gasteiger partial charge on any atom is 0.335 e. The van der Waals surface area contributed by atoms with Crippen molar-refractivity contribution in [2.45, 2.75) is 6.92 Å². The number of thiazole rings is 2. The molecule has 0 saturated carbocycles. The normalized spacial score (nSPS) is 11.3. The van der Waals surface area contributed by atoms with E-state index in [9.17, 15) is 9.59 Å². The molecule has 9 nitrogen and oxygen atoms in total. The van der Waals surface area contributed by atoms with Crippen molar-refractivity contribution in [2.75, 3.05) is 0 Å². The van der Waals surface area contributed by atoms with Gasteiger partial charge < -0.3 is 5.11 Å². The highest BCUT2D eigenvalue weighted by Crippen LogP contribution is 2.30. The molecular weight excluding hydrogens is 472 g/mol. The molecule has 5 aromatic rings. The Morgan fingerprint density at radius 3 is 2.50 bits per heavy atom. The molecule has 0 aliphatic carbocycles. The van der Waals surface area contributed by atoms with Gasteiger partial charge in [0.15, 0.2) is 5.69 Å². The first-order valence-electron chi connectivity index (χ1n) is 10.0. The number of benzene rings is 2. The summed E-state index contributed by atoms with van der Waals surface area (Å²) in [5, 5.41) is 23.3. The smallest absolute Gasteiger partial charge is 0.335 e. The fraction of sp³-hybridized carbons (Fsp3) is 0.0435. The van der Waals surface area contributed by atoms with E-state index in [1.54, 1.807) is 23.7 Å². The lowest BCUT2D eigenvalue weighted by Crippen LogP contribution is -2.13. The van der Waals surface area contributed by atoms with Crippen molar-refractivity contribution >= 4 is 39.5 Å². The molecule has 0 spiro atoms. The predicted octanol–water partition coefficient (Wildman–Crippen LogP) is 5.83. The van der Waals surface area contributed by atoms with Gasteiger partial charge in [-0.15, -0.1) is 21.6 Å². The number of carboxylic acid groups (broad SMARTS) is 1. The zero-order valence-electron chi connectivity index (χ0n) is 17.7. The molecule has 3 aromatic heterocycles. The highest BCUT2D eigenvalue weighted by atomic mass is 32.1. The molecule has 3 heterocycles. The number of nitrogens with zero attached hydrogens (tertiary/aromatic N) is 5. The van der Waals surface area contributed by atoms with Gasteiger partial charge in [0.05, 0.1) is 17.0 Å². The molecule has 168 valence electrons. The van der Waals surface area contributed by atoms with Gasteiger partial charge in [-0.3, -0.25) is 9.89 Å². The van der Waals surface area contributed by atoms with Gasteiger partial charge in [0.2, 0.25) is 10.3 Å². The number of H-pyrrole nitrogens is 1. The van der Waals surface area contributed by atoms with Gasteiger partial charge in [0.25, 0.3) is 0 Å². The largest absolute Gasteiger partial charge is 0.478 e. The maximum atomic E-state index is 13.3. The van der Waals surface area contributed by atoms with Gasteiger partial charge in [0, 0.05) is 27.6 Å². The molecule has 34 heavy (non-hydrogen) atoms. The van der Waals surface area contributed by atoms with Crippen LogP contribution >= 0.6 is 22.7 Å². The minimum atomic E-state index is -0.994. The zero-order valence-corrected chi connectivity index (χ0v) is 19.3. The fourth-order valence-electron chi connectivity index (χ4n) is 3.23. The number of hydrogen-bond acceptors (Lipinski definition) is 8. The molecule has 0 unspecified atom stereocenters. The Balaban J connectivity index is 1.56. The standard InChI is InChI=1S/C23H16N6O3S2/c1-13-11-24-22(34-13)27-26-19-18(15-5-3-2-4-6-15)28-29(20(19)30)23-25-17(12-33-23)14-7-9-16(10-8-14)21(31)32/h2-12,28H,1H3,(H,31,32). The molecule has 11 heteroatoms. The Hall–Kier alpha value is -4.22. The van der Waals surface area contributed by atoms with Crippen molar-refractivity contribution in [3.8, 4) is 27.6 Å². The van der Waals surface area contributed by atoms with Gasteiger partial charge in [0.1, 0.15) is 0 Å². The number of aromatic carboxylic acids is 1. The predicted molar refractivity (Wildman–Crippen MR) is 131 cm³/mol. The van der Waals surface area contributed by atoms with Gasteiger partial charge in [-0.05, 0) is 19.1 Å². The Bertz CT molecular complexity index is 1560. The van der Waals surface area contributed by atoms with Crippen LogP contribution in [-0.2, 0) is 0 Å². The molecule has 2 aromatic carbocycles. The molecule has 0 aliphatic rings. The van der Waals surface area contributed by atoms with Crippen LogP contribution in [-0.4, -0.2) is 30.8 Å². The molecule has 0 fully saturated rings. The zero-order chi connectivity index (χ0) is 23.7. The monoisotopic (exact) mass is 488 g/mol. The number of nitrogens with one attached hydrogen (secondary N) is 1. The number of azo groups is 1. The molecule has 0 radical (unpaired) electrons. The van der Waals surface area contributed by atoms with Crippen LogP contribution in [0.5, 0.6) is 0 Å². The van der Waals surface area contributed by atoms with Crippen LogP contribution in [0, 0.1) is 6.92 Å². The summed E-state index contributed by atoms with van der Waals surface area (Å²) in [6, 6.07) is 15.8. The summed E-state index contributed by atoms with van der Waals surface area (Å²) in [5.74, 6) is -0.994.